The third-order valence-corrected chi connectivity index (χ3v) is 4.79. The minimum atomic E-state index is -0.156. The molecule has 0 radical (unpaired) electrons. The zero-order chi connectivity index (χ0) is 16.1. The van der Waals surface area contributed by atoms with Gasteiger partial charge < -0.3 is 4.52 Å². The molecular weight excluding hydrogens is 298 g/mol. The van der Waals surface area contributed by atoms with E-state index in [1.165, 1.54) is 11.8 Å². The summed E-state index contributed by atoms with van der Waals surface area (Å²) in [6.45, 7) is 3.90. The largest absolute Gasteiger partial charge is 0.339 e. The van der Waals surface area contributed by atoms with Crippen LogP contribution in [0.3, 0.4) is 0 Å². The van der Waals surface area contributed by atoms with E-state index in [1.54, 1.807) is 0 Å². The lowest BCUT2D eigenvalue weighted by molar-refractivity contribution is -0.114. The van der Waals surface area contributed by atoms with Gasteiger partial charge in [0.1, 0.15) is 0 Å². The minimum absolute atomic E-state index is 0.140. The van der Waals surface area contributed by atoms with E-state index in [4.69, 9.17) is 4.52 Å². The quantitative estimate of drug-likeness (QED) is 0.763. The second kappa shape index (κ2) is 7.56. The molecule has 0 saturated carbocycles. The summed E-state index contributed by atoms with van der Waals surface area (Å²) in [6, 6.07) is 9.65. The number of aromatic nitrogens is 2. The lowest BCUT2D eigenvalue weighted by atomic mass is 10.1. The molecule has 0 fully saturated rings. The fourth-order valence-corrected chi connectivity index (χ4v) is 2.64. The fourth-order valence-electron chi connectivity index (χ4n) is 1.78. The molecule has 0 amide bonds. The smallest absolute Gasteiger partial charge is 0.227 e. The Kier molecular flexibility index (Phi) is 5.74. The first-order valence-electron chi connectivity index (χ1n) is 7.22. The maximum atomic E-state index is 12.2. The molecule has 1 aromatic carbocycles. The van der Waals surface area contributed by atoms with Crippen LogP contribution in [0.2, 0.25) is 0 Å². The van der Waals surface area contributed by atoms with Crippen molar-refractivity contribution in [2.75, 3.05) is 14.1 Å². The summed E-state index contributed by atoms with van der Waals surface area (Å²) in [4.78, 5) is 18.6. The molecule has 0 spiro atoms. The molecule has 2 rings (SSSR count). The molecule has 0 aliphatic heterocycles. The number of hydrogen-bond acceptors (Lipinski definition) is 6. The van der Waals surface area contributed by atoms with Gasteiger partial charge in [0.15, 0.2) is 5.12 Å². The average Bonchev–Trinajstić information content (AvgIpc) is 2.96. The van der Waals surface area contributed by atoms with Gasteiger partial charge in [-0.15, -0.1) is 0 Å². The maximum absolute atomic E-state index is 12.2. The Morgan fingerprint density at radius 3 is 2.59 bits per heavy atom. The highest BCUT2D eigenvalue weighted by Crippen LogP contribution is 2.22. The molecule has 2 atom stereocenters. The lowest BCUT2D eigenvalue weighted by Gasteiger charge is -2.19. The molecule has 5 nitrogen and oxygen atoms in total. The van der Waals surface area contributed by atoms with Gasteiger partial charge in [-0.1, -0.05) is 54.2 Å². The van der Waals surface area contributed by atoms with Crippen molar-refractivity contribution in [3.8, 4) is 11.4 Å². The Hall–Kier alpha value is -1.66. The molecule has 0 bridgehead atoms. The highest BCUT2D eigenvalue weighted by atomic mass is 32.2. The normalized spacial score (nSPS) is 14.0. The van der Waals surface area contributed by atoms with E-state index < -0.39 is 0 Å². The summed E-state index contributed by atoms with van der Waals surface area (Å²) in [5.74, 6) is 0.902. The fraction of sp³-hybridized carbons (Fsp3) is 0.438. The van der Waals surface area contributed by atoms with Crippen LogP contribution < -0.4 is 0 Å². The number of carbonyl (C=O) groups excluding carboxylic acids is 1. The van der Waals surface area contributed by atoms with Crippen molar-refractivity contribution < 1.29 is 9.32 Å². The monoisotopic (exact) mass is 319 g/mol. The van der Waals surface area contributed by atoms with Gasteiger partial charge in [-0.25, -0.2) is 0 Å². The molecular formula is C16H21N3O2S. The zero-order valence-corrected chi connectivity index (χ0v) is 14.1. The van der Waals surface area contributed by atoms with Crippen molar-refractivity contribution in [2.24, 2.45) is 5.92 Å². The standard InChI is InChI=1S/C16H21N3O2S/c1-11(16(20)22-12(2)19(3)4)10-14-17-15(18-21-14)13-8-6-5-7-9-13/h5-9,11-12H,10H2,1-4H3. The van der Waals surface area contributed by atoms with Gasteiger partial charge in [-0.05, 0) is 21.0 Å². The van der Waals surface area contributed by atoms with Gasteiger partial charge in [0.05, 0.1) is 5.37 Å². The van der Waals surface area contributed by atoms with E-state index in [0.29, 0.717) is 18.1 Å². The van der Waals surface area contributed by atoms with Crippen molar-refractivity contribution in [1.29, 1.82) is 0 Å². The molecule has 1 heterocycles. The van der Waals surface area contributed by atoms with Crippen LogP contribution in [0, 0.1) is 5.92 Å². The molecule has 1 aromatic heterocycles. The van der Waals surface area contributed by atoms with Crippen LogP contribution in [0.15, 0.2) is 34.9 Å². The van der Waals surface area contributed by atoms with Gasteiger partial charge in [-0.2, -0.15) is 4.98 Å². The first kappa shape index (κ1) is 16.7. The Morgan fingerprint density at radius 2 is 1.95 bits per heavy atom. The molecule has 0 aliphatic rings. The molecule has 22 heavy (non-hydrogen) atoms. The van der Waals surface area contributed by atoms with Crippen LogP contribution in [-0.4, -0.2) is 39.6 Å². The predicted octanol–water partition coefficient (Wildman–Crippen LogP) is 3.08. The zero-order valence-electron chi connectivity index (χ0n) is 13.3. The van der Waals surface area contributed by atoms with Crippen LogP contribution in [0.4, 0.5) is 0 Å². The van der Waals surface area contributed by atoms with E-state index in [-0.39, 0.29) is 16.4 Å². The van der Waals surface area contributed by atoms with E-state index in [2.05, 4.69) is 10.1 Å². The highest BCUT2D eigenvalue weighted by Gasteiger charge is 2.21. The number of thioether (sulfide) groups is 1. The average molecular weight is 319 g/mol. The van der Waals surface area contributed by atoms with Crippen LogP contribution in [0.25, 0.3) is 11.4 Å². The van der Waals surface area contributed by atoms with E-state index in [1.807, 2.05) is 63.2 Å². The molecule has 118 valence electrons. The summed E-state index contributed by atoms with van der Waals surface area (Å²) in [6.07, 6.45) is 0.464. The molecule has 2 aromatic rings. The Balaban J connectivity index is 1.96. The van der Waals surface area contributed by atoms with Crippen LogP contribution >= 0.6 is 11.8 Å². The summed E-state index contributed by atoms with van der Waals surface area (Å²) >= 11 is 1.34. The Morgan fingerprint density at radius 1 is 1.27 bits per heavy atom. The minimum Gasteiger partial charge on any atom is -0.339 e. The Labute approximate surface area is 135 Å². The van der Waals surface area contributed by atoms with Gasteiger partial charge in [-0.3, -0.25) is 9.69 Å². The van der Waals surface area contributed by atoms with E-state index >= 15 is 0 Å². The Bertz CT molecular complexity index is 613. The lowest BCUT2D eigenvalue weighted by Crippen LogP contribution is -2.24. The summed E-state index contributed by atoms with van der Waals surface area (Å²) in [5.41, 5.74) is 0.909. The molecule has 0 aliphatic carbocycles. The van der Waals surface area contributed by atoms with E-state index in [9.17, 15) is 4.79 Å². The number of nitrogens with zero attached hydrogens (tertiary/aromatic N) is 3. The summed E-state index contributed by atoms with van der Waals surface area (Å²) in [5, 5.41) is 4.27. The second-order valence-corrected chi connectivity index (χ2v) is 6.80. The summed E-state index contributed by atoms with van der Waals surface area (Å²) in [7, 11) is 3.92. The van der Waals surface area contributed by atoms with Crippen molar-refractivity contribution >= 4 is 16.9 Å². The predicted molar refractivity (Wildman–Crippen MR) is 88.3 cm³/mol. The topological polar surface area (TPSA) is 59.2 Å². The first-order chi connectivity index (χ1) is 10.5. The number of benzene rings is 1. The van der Waals surface area contributed by atoms with Crippen LogP contribution in [0.5, 0.6) is 0 Å². The number of carbonyl (C=O) groups is 1. The SMILES string of the molecule is CC(Cc1nc(-c2ccccc2)no1)C(=O)SC(C)N(C)C. The van der Waals surface area contributed by atoms with Gasteiger partial charge in [0, 0.05) is 17.9 Å². The molecule has 6 heteroatoms. The number of hydrogen-bond donors (Lipinski definition) is 0. The molecule has 0 saturated heterocycles. The maximum Gasteiger partial charge on any atom is 0.227 e. The number of rotatable bonds is 6. The first-order valence-corrected chi connectivity index (χ1v) is 8.10. The van der Waals surface area contributed by atoms with Gasteiger partial charge >= 0.3 is 0 Å². The van der Waals surface area contributed by atoms with Crippen molar-refractivity contribution in [3.63, 3.8) is 0 Å². The molecule has 2 unspecified atom stereocenters. The van der Waals surface area contributed by atoms with Crippen molar-refractivity contribution in [3.05, 3.63) is 36.2 Å². The second-order valence-electron chi connectivity index (χ2n) is 5.48. The van der Waals surface area contributed by atoms with Crippen LogP contribution in [-0.2, 0) is 11.2 Å². The third kappa shape index (κ3) is 4.42. The van der Waals surface area contributed by atoms with Crippen molar-refractivity contribution in [2.45, 2.75) is 25.6 Å². The van der Waals surface area contributed by atoms with Crippen molar-refractivity contribution in [1.82, 2.24) is 15.0 Å². The van der Waals surface area contributed by atoms with Gasteiger partial charge in [0.25, 0.3) is 0 Å². The third-order valence-electron chi connectivity index (χ3n) is 3.40. The van der Waals surface area contributed by atoms with Gasteiger partial charge in [0.2, 0.25) is 11.7 Å². The molecule has 0 N–H and O–H groups in total. The van der Waals surface area contributed by atoms with Crippen LogP contribution in [0.1, 0.15) is 19.7 Å². The summed E-state index contributed by atoms with van der Waals surface area (Å²) < 4.78 is 5.26. The van der Waals surface area contributed by atoms with E-state index in [0.717, 1.165) is 5.56 Å². The highest BCUT2D eigenvalue weighted by molar-refractivity contribution is 8.14.